The fourth-order valence-electron chi connectivity index (χ4n) is 2.57. The van der Waals surface area contributed by atoms with Crippen molar-refractivity contribution in [3.63, 3.8) is 0 Å². The SMILES string of the molecule is CC(c1ccccc1F)N(C)CCSC1CCNCC1. The van der Waals surface area contributed by atoms with Crippen LogP contribution in [0.25, 0.3) is 0 Å². The van der Waals surface area contributed by atoms with Crippen LogP contribution in [0.4, 0.5) is 4.39 Å². The average molecular weight is 296 g/mol. The molecule has 4 heteroatoms. The Kier molecular flexibility index (Phi) is 6.33. The Balaban J connectivity index is 1.76. The van der Waals surface area contributed by atoms with Crippen molar-refractivity contribution in [1.29, 1.82) is 0 Å². The van der Waals surface area contributed by atoms with Gasteiger partial charge in [-0.25, -0.2) is 4.39 Å². The molecule has 1 aromatic rings. The van der Waals surface area contributed by atoms with E-state index in [1.165, 1.54) is 12.8 Å². The highest BCUT2D eigenvalue weighted by Crippen LogP contribution is 2.24. The molecule has 0 saturated carbocycles. The molecule has 1 aliphatic heterocycles. The van der Waals surface area contributed by atoms with Crippen LogP contribution in [0.3, 0.4) is 0 Å². The molecule has 1 atom stereocenters. The van der Waals surface area contributed by atoms with Crippen molar-refractivity contribution in [3.8, 4) is 0 Å². The maximum absolute atomic E-state index is 13.8. The molecule has 0 spiro atoms. The van der Waals surface area contributed by atoms with Crippen LogP contribution in [0.2, 0.25) is 0 Å². The predicted octanol–water partition coefficient (Wildman–Crippen LogP) is 3.30. The van der Waals surface area contributed by atoms with E-state index in [9.17, 15) is 4.39 Å². The number of benzene rings is 1. The van der Waals surface area contributed by atoms with Crippen molar-refractivity contribution in [2.75, 3.05) is 32.4 Å². The molecule has 1 unspecified atom stereocenters. The molecule has 1 fully saturated rings. The molecule has 0 bridgehead atoms. The first-order chi connectivity index (χ1) is 9.68. The largest absolute Gasteiger partial charge is 0.317 e. The van der Waals surface area contributed by atoms with Gasteiger partial charge in [0.05, 0.1) is 0 Å². The number of thioether (sulfide) groups is 1. The summed E-state index contributed by atoms with van der Waals surface area (Å²) in [6.07, 6.45) is 2.55. The summed E-state index contributed by atoms with van der Waals surface area (Å²) in [6, 6.07) is 7.22. The van der Waals surface area contributed by atoms with Crippen LogP contribution in [0.5, 0.6) is 0 Å². The molecule has 0 radical (unpaired) electrons. The second-order valence-electron chi connectivity index (χ2n) is 5.50. The minimum atomic E-state index is -0.0992. The molecule has 0 aromatic heterocycles. The zero-order chi connectivity index (χ0) is 14.4. The van der Waals surface area contributed by atoms with Gasteiger partial charge in [0.25, 0.3) is 0 Å². The molecule has 1 heterocycles. The molecule has 2 nitrogen and oxygen atoms in total. The van der Waals surface area contributed by atoms with Crippen molar-refractivity contribution in [3.05, 3.63) is 35.6 Å². The van der Waals surface area contributed by atoms with Crippen LogP contribution >= 0.6 is 11.8 Å². The van der Waals surface area contributed by atoms with Crippen LogP contribution in [0.15, 0.2) is 24.3 Å². The van der Waals surface area contributed by atoms with Gasteiger partial charge in [0, 0.05) is 29.2 Å². The predicted molar refractivity (Wildman–Crippen MR) is 85.8 cm³/mol. The maximum Gasteiger partial charge on any atom is 0.127 e. The number of hydrogen-bond acceptors (Lipinski definition) is 3. The number of hydrogen-bond donors (Lipinski definition) is 1. The van der Waals surface area contributed by atoms with E-state index < -0.39 is 0 Å². The van der Waals surface area contributed by atoms with Gasteiger partial charge < -0.3 is 5.32 Å². The molecule has 1 aromatic carbocycles. The van der Waals surface area contributed by atoms with Crippen molar-refractivity contribution in [1.82, 2.24) is 10.2 Å². The Labute approximate surface area is 126 Å². The highest BCUT2D eigenvalue weighted by atomic mass is 32.2. The molecule has 0 amide bonds. The Bertz CT molecular complexity index is 407. The third-order valence-corrected chi connectivity index (χ3v) is 5.46. The van der Waals surface area contributed by atoms with Crippen LogP contribution in [0, 0.1) is 5.82 Å². The minimum absolute atomic E-state index is 0.0992. The van der Waals surface area contributed by atoms with E-state index in [0.717, 1.165) is 36.2 Å². The third kappa shape index (κ3) is 4.47. The Morgan fingerprint density at radius 2 is 2.05 bits per heavy atom. The monoisotopic (exact) mass is 296 g/mol. The number of rotatable bonds is 6. The number of nitrogens with one attached hydrogen (secondary N) is 1. The topological polar surface area (TPSA) is 15.3 Å². The molecular weight excluding hydrogens is 271 g/mol. The number of nitrogens with zero attached hydrogens (tertiary/aromatic N) is 1. The number of halogens is 1. The zero-order valence-electron chi connectivity index (χ0n) is 12.4. The third-order valence-electron chi connectivity index (χ3n) is 4.10. The van der Waals surface area contributed by atoms with Gasteiger partial charge in [-0.3, -0.25) is 4.90 Å². The lowest BCUT2D eigenvalue weighted by Gasteiger charge is -2.27. The van der Waals surface area contributed by atoms with Gasteiger partial charge >= 0.3 is 0 Å². The van der Waals surface area contributed by atoms with E-state index in [2.05, 4.69) is 35.9 Å². The van der Waals surface area contributed by atoms with Gasteiger partial charge in [-0.05, 0) is 46.0 Å². The molecule has 1 N–H and O–H groups in total. The average Bonchev–Trinajstić information content (AvgIpc) is 2.48. The fourth-order valence-corrected chi connectivity index (χ4v) is 3.87. The quantitative estimate of drug-likeness (QED) is 0.867. The minimum Gasteiger partial charge on any atom is -0.317 e. The van der Waals surface area contributed by atoms with E-state index in [4.69, 9.17) is 0 Å². The van der Waals surface area contributed by atoms with E-state index in [0.29, 0.717) is 0 Å². The van der Waals surface area contributed by atoms with E-state index in [1.807, 2.05) is 12.1 Å². The Hall–Kier alpha value is -0.580. The summed E-state index contributed by atoms with van der Waals surface area (Å²) in [5.41, 5.74) is 0.793. The first-order valence-electron chi connectivity index (χ1n) is 7.45. The van der Waals surface area contributed by atoms with Gasteiger partial charge in [0.2, 0.25) is 0 Å². The van der Waals surface area contributed by atoms with Gasteiger partial charge in [-0.2, -0.15) is 11.8 Å². The molecule has 2 rings (SSSR count). The van der Waals surface area contributed by atoms with Crippen molar-refractivity contribution < 1.29 is 4.39 Å². The normalized spacial score (nSPS) is 18.4. The lowest BCUT2D eigenvalue weighted by Crippen LogP contribution is -2.30. The van der Waals surface area contributed by atoms with Crippen LogP contribution in [0.1, 0.15) is 31.4 Å². The van der Waals surface area contributed by atoms with E-state index >= 15 is 0 Å². The van der Waals surface area contributed by atoms with Crippen molar-refractivity contribution >= 4 is 11.8 Å². The molecule has 1 aliphatic rings. The summed E-state index contributed by atoms with van der Waals surface area (Å²) >= 11 is 2.07. The lowest BCUT2D eigenvalue weighted by molar-refractivity contribution is 0.272. The lowest BCUT2D eigenvalue weighted by atomic mass is 10.1. The summed E-state index contributed by atoms with van der Waals surface area (Å²) in [6.45, 7) is 5.38. The van der Waals surface area contributed by atoms with Gasteiger partial charge in [-0.15, -0.1) is 0 Å². The van der Waals surface area contributed by atoms with Gasteiger partial charge in [0.1, 0.15) is 5.82 Å². The van der Waals surface area contributed by atoms with Crippen molar-refractivity contribution in [2.24, 2.45) is 0 Å². The maximum atomic E-state index is 13.8. The van der Waals surface area contributed by atoms with Crippen LogP contribution in [-0.4, -0.2) is 42.6 Å². The van der Waals surface area contributed by atoms with Crippen molar-refractivity contribution in [2.45, 2.75) is 31.1 Å². The second-order valence-corrected chi connectivity index (χ2v) is 6.91. The molecule has 112 valence electrons. The van der Waals surface area contributed by atoms with E-state index in [1.54, 1.807) is 12.1 Å². The van der Waals surface area contributed by atoms with Gasteiger partial charge in [-0.1, -0.05) is 18.2 Å². The second kappa shape index (κ2) is 8.01. The van der Waals surface area contributed by atoms with E-state index in [-0.39, 0.29) is 11.9 Å². The summed E-state index contributed by atoms with van der Waals surface area (Å²) in [5, 5.41) is 4.19. The highest BCUT2D eigenvalue weighted by molar-refractivity contribution is 7.99. The number of piperidine rings is 1. The van der Waals surface area contributed by atoms with Gasteiger partial charge in [0.15, 0.2) is 0 Å². The van der Waals surface area contributed by atoms with Crippen LogP contribution in [-0.2, 0) is 0 Å². The standard InChI is InChI=1S/C16H25FN2S/c1-13(15-5-3-4-6-16(15)17)19(2)11-12-20-14-7-9-18-10-8-14/h3-6,13-14,18H,7-12H2,1-2H3. The Morgan fingerprint density at radius 1 is 1.35 bits per heavy atom. The molecule has 20 heavy (non-hydrogen) atoms. The first kappa shape index (κ1) is 15.8. The Morgan fingerprint density at radius 3 is 2.75 bits per heavy atom. The first-order valence-corrected chi connectivity index (χ1v) is 8.50. The molecule has 0 aliphatic carbocycles. The molecular formula is C16H25FN2S. The fraction of sp³-hybridized carbons (Fsp3) is 0.625. The summed E-state index contributed by atoms with van der Waals surface area (Å²) in [7, 11) is 2.08. The van der Waals surface area contributed by atoms with Crippen LogP contribution < -0.4 is 5.32 Å². The summed E-state index contributed by atoms with van der Waals surface area (Å²) in [5.74, 6) is 1.03. The highest BCUT2D eigenvalue weighted by Gasteiger charge is 2.17. The smallest absolute Gasteiger partial charge is 0.127 e. The zero-order valence-corrected chi connectivity index (χ0v) is 13.3. The summed E-state index contributed by atoms with van der Waals surface area (Å²) in [4.78, 5) is 2.24. The summed E-state index contributed by atoms with van der Waals surface area (Å²) < 4.78 is 13.8. The molecule has 1 saturated heterocycles.